The van der Waals surface area contributed by atoms with Crippen molar-refractivity contribution in [2.24, 2.45) is 40.9 Å². The lowest BCUT2D eigenvalue weighted by molar-refractivity contribution is -0.130. The number of fused-ring (bicyclic) bond motifs is 5. The van der Waals surface area contributed by atoms with Gasteiger partial charge in [-0.15, -0.1) is 0 Å². The van der Waals surface area contributed by atoms with Crippen LogP contribution >= 0.6 is 0 Å². The van der Waals surface area contributed by atoms with Crippen LogP contribution in [0.2, 0.25) is 0 Å². The lowest BCUT2D eigenvalue weighted by Crippen LogP contribution is -2.54. The summed E-state index contributed by atoms with van der Waals surface area (Å²) in [6, 6.07) is 0. The van der Waals surface area contributed by atoms with E-state index in [4.69, 9.17) is 4.74 Å². The molecule has 4 rings (SSSR count). The van der Waals surface area contributed by atoms with Crippen molar-refractivity contribution in [3.05, 3.63) is 11.6 Å². The first-order valence-electron chi connectivity index (χ1n) is 11.3. The van der Waals surface area contributed by atoms with Crippen molar-refractivity contribution in [2.45, 2.75) is 84.2 Å². The summed E-state index contributed by atoms with van der Waals surface area (Å²) in [4.78, 5) is 0. The highest BCUT2D eigenvalue weighted by atomic mass is 16.5. The zero-order chi connectivity index (χ0) is 18.5. The molecule has 4 saturated carbocycles. The first-order valence-corrected chi connectivity index (χ1v) is 11.3. The van der Waals surface area contributed by atoms with Gasteiger partial charge in [0, 0.05) is 7.11 Å². The van der Waals surface area contributed by atoms with Gasteiger partial charge in [0.2, 0.25) is 0 Å². The SMILES string of the molecule is C/C=C1/CC[C@@H](C)[C@H]2[C@@H]3CC[C@@H]4C[C@@](O)(COC)CC[C@@H]4[C@H]3CC[C@]12C. The molecule has 0 radical (unpaired) electrons. The van der Waals surface area contributed by atoms with Crippen LogP contribution in [-0.2, 0) is 4.74 Å². The average molecular weight is 361 g/mol. The molecular formula is C24H40O2. The molecule has 0 amide bonds. The Balaban J connectivity index is 1.56. The van der Waals surface area contributed by atoms with E-state index in [-0.39, 0.29) is 0 Å². The lowest BCUT2D eigenvalue weighted by Gasteiger charge is -2.61. The van der Waals surface area contributed by atoms with Gasteiger partial charge in [-0.2, -0.15) is 0 Å². The first-order chi connectivity index (χ1) is 12.4. The van der Waals surface area contributed by atoms with Crippen molar-refractivity contribution < 1.29 is 9.84 Å². The number of methoxy groups -OCH3 is 1. The van der Waals surface area contributed by atoms with Crippen LogP contribution in [0.5, 0.6) is 0 Å². The third-order valence-corrected chi connectivity index (χ3v) is 9.33. The number of allylic oxidation sites excluding steroid dienone is 2. The number of hydrogen-bond acceptors (Lipinski definition) is 2. The maximum atomic E-state index is 10.9. The molecule has 0 bridgehead atoms. The van der Waals surface area contributed by atoms with Crippen molar-refractivity contribution in [1.29, 1.82) is 0 Å². The Kier molecular flexibility index (Phi) is 5.06. The molecule has 1 N–H and O–H groups in total. The van der Waals surface area contributed by atoms with Crippen LogP contribution in [-0.4, -0.2) is 24.4 Å². The minimum absolute atomic E-state index is 0.464. The summed E-state index contributed by atoms with van der Waals surface area (Å²) in [6.07, 6.45) is 13.9. The van der Waals surface area contributed by atoms with Crippen molar-refractivity contribution in [2.75, 3.05) is 13.7 Å². The van der Waals surface area contributed by atoms with Crippen molar-refractivity contribution in [3.8, 4) is 0 Å². The van der Waals surface area contributed by atoms with Gasteiger partial charge in [-0.05, 0) is 106 Å². The van der Waals surface area contributed by atoms with Crippen molar-refractivity contribution >= 4 is 0 Å². The van der Waals surface area contributed by atoms with Crippen LogP contribution < -0.4 is 0 Å². The zero-order valence-electron chi connectivity index (χ0n) is 17.5. The summed E-state index contributed by atoms with van der Waals surface area (Å²) in [5, 5.41) is 10.9. The van der Waals surface area contributed by atoms with E-state index in [0.29, 0.717) is 12.0 Å². The largest absolute Gasteiger partial charge is 0.387 e. The van der Waals surface area contributed by atoms with Gasteiger partial charge in [-0.3, -0.25) is 0 Å². The molecule has 2 heteroatoms. The van der Waals surface area contributed by atoms with E-state index in [9.17, 15) is 5.11 Å². The number of aliphatic hydroxyl groups is 1. The second-order valence-electron chi connectivity index (χ2n) is 10.5. The van der Waals surface area contributed by atoms with Gasteiger partial charge in [-0.1, -0.05) is 25.5 Å². The second kappa shape index (κ2) is 6.92. The average Bonchev–Trinajstić information content (AvgIpc) is 2.61. The maximum Gasteiger partial charge on any atom is 0.0882 e. The van der Waals surface area contributed by atoms with Crippen LogP contribution in [0.15, 0.2) is 11.6 Å². The Labute approximate surface area is 160 Å². The normalized spacial score (nSPS) is 52.9. The predicted molar refractivity (Wildman–Crippen MR) is 107 cm³/mol. The molecule has 2 nitrogen and oxygen atoms in total. The van der Waals surface area contributed by atoms with Crippen molar-refractivity contribution in [1.82, 2.24) is 0 Å². The molecule has 0 spiro atoms. The Bertz CT molecular complexity index is 554. The molecule has 0 aromatic rings. The van der Waals surface area contributed by atoms with E-state index in [1.807, 2.05) is 0 Å². The third-order valence-electron chi connectivity index (χ3n) is 9.33. The summed E-state index contributed by atoms with van der Waals surface area (Å²) >= 11 is 0. The maximum absolute atomic E-state index is 10.9. The molecule has 4 aliphatic carbocycles. The lowest BCUT2D eigenvalue weighted by atomic mass is 9.44. The fourth-order valence-electron chi connectivity index (χ4n) is 8.36. The van der Waals surface area contributed by atoms with Crippen LogP contribution in [0, 0.1) is 40.9 Å². The third kappa shape index (κ3) is 2.91. The molecule has 148 valence electrons. The summed E-state index contributed by atoms with van der Waals surface area (Å²) in [6.45, 7) is 7.94. The van der Waals surface area contributed by atoms with Crippen LogP contribution in [0.1, 0.15) is 78.6 Å². The van der Waals surface area contributed by atoms with Crippen LogP contribution in [0.25, 0.3) is 0 Å². The molecule has 0 aliphatic heterocycles. The van der Waals surface area contributed by atoms with Gasteiger partial charge < -0.3 is 9.84 Å². The van der Waals surface area contributed by atoms with Gasteiger partial charge >= 0.3 is 0 Å². The second-order valence-corrected chi connectivity index (χ2v) is 10.5. The molecule has 0 aromatic heterocycles. The molecule has 8 atom stereocenters. The molecule has 0 unspecified atom stereocenters. The topological polar surface area (TPSA) is 29.5 Å². The molecule has 26 heavy (non-hydrogen) atoms. The fraction of sp³-hybridized carbons (Fsp3) is 0.917. The minimum atomic E-state index is -0.553. The number of rotatable bonds is 2. The van der Waals surface area contributed by atoms with E-state index in [0.717, 1.165) is 48.3 Å². The highest BCUT2D eigenvalue weighted by Gasteiger charge is 2.56. The molecule has 0 aromatic carbocycles. The zero-order valence-corrected chi connectivity index (χ0v) is 17.5. The van der Waals surface area contributed by atoms with E-state index in [1.54, 1.807) is 12.7 Å². The molecule has 4 aliphatic rings. The van der Waals surface area contributed by atoms with Gasteiger partial charge in [0.15, 0.2) is 0 Å². The van der Waals surface area contributed by atoms with E-state index < -0.39 is 5.60 Å². The predicted octanol–water partition coefficient (Wildman–Crippen LogP) is 5.60. The first kappa shape index (κ1) is 19.0. The smallest absolute Gasteiger partial charge is 0.0882 e. The summed E-state index contributed by atoms with van der Waals surface area (Å²) in [7, 11) is 1.73. The summed E-state index contributed by atoms with van der Waals surface area (Å²) in [5.74, 6) is 5.20. The molecule has 0 heterocycles. The molecule has 4 fully saturated rings. The van der Waals surface area contributed by atoms with Gasteiger partial charge in [0.05, 0.1) is 12.2 Å². The highest BCUT2D eigenvalue weighted by molar-refractivity contribution is 5.21. The Hall–Kier alpha value is -0.340. The Morgan fingerprint density at radius 2 is 1.85 bits per heavy atom. The summed E-state index contributed by atoms with van der Waals surface area (Å²) in [5.41, 5.74) is 1.67. The van der Waals surface area contributed by atoms with Gasteiger partial charge in [0.1, 0.15) is 0 Å². The number of ether oxygens (including phenoxy) is 1. The van der Waals surface area contributed by atoms with E-state index in [1.165, 1.54) is 44.9 Å². The Morgan fingerprint density at radius 3 is 2.58 bits per heavy atom. The standard InChI is InChI=1S/C24H40O2/c1-5-18-8-6-16(2)22-21-9-7-17-14-24(25,15-26-4)13-11-19(17)20(21)10-12-23(18,22)3/h5,16-17,19-22,25H,6-15H2,1-4H3/b18-5-/t16-,17-,19+,20-,21-,22+,23-,24-/m1/s1. The quantitative estimate of drug-likeness (QED) is 0.650. The minimum Gasteiger partial charge on any atom is -0.387 e. The Morgan fingerprint density at radius 1 is 1.08 bits per heavy atom. The van der Waals surface area contributed by atoms with Crippen LogP contribution in [0.3, 0.4) is 0 Å². The molecular weight excluding hydrogens is 320 g/mol. The van der Waals surface area contributed by atoms with Crippen molar-refractivity contribution in [3.63, 3.8) is 0 Å². The summed E-state index contributed by atoms with van der Waals surface area (Å²) < 4.78 is 5.34. The fourth-order valence-corrected chi connectivity index (χ4v) is 8.36. The number of hydrogen-bond donors (Lipinski definition) is 1. The molecule has 0 saturated heterocycles. The van der Waals surface area contributed by atoms with Crippen LogP contribution in [0.4, 0.5) is 0 Å². The van der Waals surface area contributed by atoms with Gasteiger partial charge in [0.25, 0.3) is 0 Å². The van der Waals surface area contributed by atoms with Gasteiger partial charge in [-0.25, -0.2) is 0 Å². The highest BCUT2D eigenvalue weighted by Crippen LogP contribution is 2.64. The van der Waals surface area contributed by atoms with E-state index in [2.05, 4.69) is 26.8 Å². The van der Waals surface area contributed by atoms with E-state index >= 15 is 0 Å². The monoisotopic (exact) mass is 360 g/mol.